The molecule has 29 heavy (non-hydrogen) atoms. The molecule has 4 amide bonds. The van der Waals surface area contributed by atoms with Gasteiger partial charge in [-0.25, -0.2) is 4.79 Å². The number of nitrogens with one attached hydrogen (secondary N) is 2. The zero-order chi connectivity index (χ0) is 21.3. The average Bonchev–Trinajstić information content (AvgIpc) is 2.89. The van der Waals surface area contributed by atoms with Crippen molar-refractivity contribution >= 4 is 23.5 Å². The molecular formula is C20H20N4O5. The van der Waals surface area contributed by atoms with Crippen LogP contribution in [0.15, 0.2) is 42.5 Å². The number of amides is 4. The number of hydrazine groups is 1. The molecule has 1 aliphatic rings. The summed E-state index contributed by atoms with van der Waals surface area (Å²) in [5.74, 6) is -1.19. The number of hydrogen-bond acceptors (Lipinski definition) is 5. The maximum Gasteiger partial charge on any atom is 0.344 e. The predicted molar refractivity (Wildman–Crippen MR) is 104 cm³/mol. The first-order valence-corrected chi connectivity index (χ1v) is 8.89. The molecule has 1 fully saturated rings. The monoisotopic (exact) mass is 396 g/mol. The molecule has 0 aliphatic carbocycles. The molecule has 0 aromatic heterocycles. The van der Waals surface area contributed by atoms with E-state index >= 15 is 0 Å². The number of nitrogens with zero attached hydrogens (tertiary/aromatic N) is 2. The van der Waals surface area contributed by atoms with E-state index in [0.29, 0.717) is 10.6 Å². The van der Waals surface area contributed by atoms with E-state index in [1.165, 1.54) is 31.2 Å². The lowest BCUT2D eigenvalue weighted by Crippen LogP contribution is -2.48. The van der Waals surface area contributed by atoms with E-state index in [9.17, 15) is 24.5 Å². The Kier molecular flexibility index (Phi) is 5.06. The Labute approximate surface area is 166 Å². The summed E-state index contributed by atoms with van der Waals surface area (Å²) in [6, 6.07) is 10.1. The van der Waals surface area contributed by atoms with E-state index in [-0.39, 0.29) is 12.1 Å². The van der Waals surface area contributed by atoms with Gasteiger partial charge in [0.1, 0.15) is 5.54 Å². The molecule has 0 spiro atoms. The van der Waals surface area contributed by atoms with Gasteiger partial charge in [0.05, 0.1) is 11.3 Å². The first kappa shape index (κ1) is 20.0. The summed E-state index contributed by atoms with van der Waals surface area (Å²) in [6.45, 7) is 5.37. The maximum absolute atomic E-state index is 12.8. The number of benzene rings is 2. The minimum Gasteiger partial charge on any atom is -0.318 e. The number of imide groups is 1. The third-order valence-electron chi connectivity index (χ3n) is 5.02. The number of hydrogen-bond donors (Lipinski definition) is 2. The van der Waals surface area contributed by atoms with E-state index in [0.717, 1.165) is 16.7 Å². The minimum absolute atomic E-state index is 0.00637. The number of rotatable bonds is 5. The highest BCUT2D eigenvalue weighted by Gasteiger charge is 2.50. The van der Waals surface area contributed by atoms with Gasteiger partial charge in [0.2, 0.25) is 5.91 Å². The van der Waals surface area contributed by atoms with Crippen LogP contribution in [0.5, 0.6) is 0 Å². The normalized spacial score (nSPS) is 18.5. The first-order valence-electron chi connectivity index (χ1n) is 8.89. The Bertz CT molecular complexity index is 1020. The molecule has 0 radical (unpaired) electrons. The van der Waals surface area contributed by atoms with Crippen molar-refractivity contribution in [1.82, 2.24) is 15.8 Å². The third kappa shape index (κ3) is 3.79. The number of carbonyl (C=O) groups excluding carboxylic acids is 3. The van der Waals surface area contributed by atoms with Gasteiger partial charge in [-0.05, 0) is 55.2 Å². The fraction of sp³-hybridized carbons (Fsp3) is 0.250. The largest absolute Gasteiger partial charge is 0.344 e. The fourth-order valence-corrected chi connectivity index (χ4v) is 3.12. The maximum atomic E-state index is 12.8. The van der Waals surface area contributed by atoms with Crippen molar-refractivity contribution < 1.29 is 19.3 Å². The molecule has 9 heteroatoms. The van der Waals surface area contributed by atoms with E-state index in [1.54, 1.807) is 0 Å². The van der Waals surface area contributed by atoms with Gasteiger partial charge in [-0.3, -0.25) is 25.1 Å². The van der Waals surface area contributed by atoms with Crippen molar-refractivity contribution in [3.63, 3.8) is 0 Å². The molecule has 0 saturated carbocycles. The second-order valence-corrected chi connectivity index (χ2v) is 7.13. The van der Waals surface area contributed by atoms with Crippen LogP contribution in [0.1, 0.15) is 29.2 Å². The zero-order valence-corrected chi connectivity index (χ0v) is 16.2. The highest BCUT2D eigenvalue weighted by atomic mass is 16.6. The number of non-ortho nitro benzene ring substituents is 1. The lowest BCUT2D eigenvalue weighted by molar-refractivity contribution is -0.384. The number of aryl methyl sites for hydroxylation is 2. The van der Waals surface area contributed by atoms with Crippen molar-refractivity contribution in [3.8, 4) is 0 Å². The molecule has 1 aliphatic heterocycles. The van der Waals surface area contributed by atoms with Crippen LogP contribution in [0, 0.1) is 24.0 Å². The van der Waals surface area contributed by atoms with Gasteiger partial charge in [0.25, 0.3) is 11.6 Å². The van der Waals surface area contributed by atoms with Gasteiger partial charge in [0.15, 0.2) is 0 Å². The number of carbonyl (C=O) groups is 3. The molecule has 150 valence electrons. The second kappa shape index (κ2) is 7.34. The van der Waals surface area contributed by atoms with Crippen molar-refractivity contribution in [2.45, 2.75) is 32.7 Å². The standard InChI is InChI=1S/C20H20N4O5/c1-12-4-5-14(10-13(12)2)11-17(25)22-23-18(26)20(3,21-19(23)27)15-6-8-16(9-7-15)24(28)29/h4-10H,11H2,1-3H3,(H,21,27)(H,22,25)/t20-/m0/s1. The number of urea groups is 1. The fourth-order valence-electron chi connectivity index (χ4n) is 3.12. The summed E-state index contributed by atoms with van der Waals surface area (Å²) < 4.78 is 0. The Morgan fingerprint density at radius 2 is 1.79 bits per heavy atom. The van der Waals surface area contributed by atoms with E-state index in [1.807, 2.05) is 32.0 Å². The molecule has 1 saturated heterocycles. The van der Waals surface area contributed by atoms with Crippen molar-refractivity contribution in [2.24, 2.45) is 0 Å². The van der Waals surface area contributed by atoms with Gasteiger partial charge >= 0.3 is 6.03 Å². The molecule has 2 aromatic carbocycles. The summed E-state index contributed by atoms with van der Waals surface area (Å²) in [5, 5.41) is 14.0. The van der Waals surface area contributed by atoms with Gasteiger partial charge in [-0.15, -0.1) is 0 Å². The molecule has 1 heterocycles. The molecule has 2 N–H and O–H groups in total. The molecule has 3 rings (SSSR count). The van der Waals surface area contributed by atoms with Crippen LogP contribution in [-0.2, 0) is 21.5 Å². The van der Waals surface area contributed by atoms with Crippen molar-refractivity contribution in [1.29, 1.82) is 0 Å². The van der Waals surface area contributed by atoms with Gasteiger partial charge in [-0.2, -0.15) is 5.01 Å². The van der Waals surface area contributed by atoms with Crippen LogP contribution >= 0.6 is 0 Å². The highest BCUT2D eigenvalue weighted by Crippen LogP contribution is 2.29. The predicted octanol–water partition coefficient (Wildman–Crippen LogP) is 2.25. The van der Waals surface area contributed by atoms with Crippen LogP contribution < -0.4 is 10.7 Å². The lowest BCUT2D eigenvalue weighted by Gasteiger charge is -2.22. The lowest BCUT2D eigenvalue weighted by atomic mass is 9.92. The summed E-state index contributed by atoms with van der Waals surface area (Å²) in [5.41, 5.74) is 4.03. The SMILES string of the molecule is Cc1ccc(CC(=O)NN2C(=O)N[C@@](C)(c3ccc([N+](=O)[O-])cc3)C2=O)cc1C. The van der Waals surface area contributed by atoms with E-state index < -0.39 is 28.3 Å². The van der Waals surface area contributed by atoms with Crippen LogP contribution in [0.3, 0.4) is 0 Å². The van der Waals surface area contributed by atoms with Crippen molar-refractivity contribution in [3.05, 3.63) is 74.8 Å². The Morgan fingerprint density at radius 3 is 2.38 bits per heavy atom. The molecular weight excluding hydrogens is 376 g/mol. The zero-order valence-electron chi connectivity index (χ0n) is 16.2. The Morgan fingerprint density at radius 1 is 1.14 bits per heavy atom. The first-order chi connectivity index (χ1) is 13.6. The highest BCUT2D eigenvalue weighted by molar-refractivity contribution is 6.08. The second-order valence-electron chi connectivity index (χ2n) is 7.13. The average molecular weight is 396 g/mol. The quantitative estimate of drug-likeness (QED) is 0.456. The Balaban J connectivity index is 1.74. The van der Waals surface area contributed by atoms with Gasteiger partial charge < -0.3 is 5.32 Å². The van der Waals surface area contributed by atoms with Crippen molar-refractivity contribution in [2.75, 3.05) is 0 Å². The topological polar surface area (TPSA) is 122 Å². The molecule has 0 bridgehead atoms. The number of nitro benzene ring substituents is 1. The molecule has 2 aromatic rings. The van der Waals surface area contributed by atoms with Crippen LogP contribution in [-0.4, -0.2) is 27.8 Å². The van der Waals surface area contributed by atoms with E-state index in [2.05, 4.69) is 10.7 Å². The third-order valence-corrected chi connectivity index (χ3v) is 5.02. The Hall–Kier alpha value is -3.75. The molecule has 9 nitrogen and oxygen atoms in total. The van der Waals surface area contributed by atoms with Gasteiger partial charge in [0, 0.05) is 12.1 Å². The van der Waals surface area contributed by atoms with Crippen LogP contribution in [0.25, 0.3) is 0 Å². The van der Waals surface area contributed by atoms with Gasteiger partial charge in [-0.1, -0.05) is 18.2 Å². The summed E-state index contributed by atoms with van der Waals surface area (Å²) in [7, 11) is 0. The molecule has 1 atom stereocenters. The summed E-state index contributed by atoms with van der Waals surface area (Å²) >= 11 is 0. The smallest absolute Gasteiger partial charge is 0.318 e. The summed E-state index contributed by atoms with van der Waals surface area (Å²) in [4.78, 5) is 47.8. The van der Waals surface area contributed by atoms with E-state index in [4.69, 9.17) is 0 Å². The molecule has 0 unspecified atom stereocenters. The number of nitro groups is 1. The van der Waals surface area contributed by atoms with Crippen LogP contribution in [0.2, 0.25) is 0 Å². The summed E-state index contributed by atoms with van der Waals surface area (Å²) in [6.07, 6.45) is 0.00637. The minimum atomic E-state index is -1.44. The van der Waals surface area contributed by atoms with Crippen LogP contribution in [0.4, 0.5) is 10.5 Å².